The Hall–Kier alpha value is -1.39. The highest BCUT2D eigenvalue weighted by Gasteiger charge is 2.36. The van der Waals surface area contributed by atoms with Crippen LogP contribution in [0, 0.1) is 17.3 Å². The second kappa shape index (κ2) is 9.19. The lowest BCUT2D eigenvalue weighted by atomic mass is 9.76. The summed E-state index contributed by atoms with van der Waals surface area (Å²) in [6.45, 7) is 14.5. The molecule has 0 N–H and O–H groups in total. The molecule has 0 radical (unpaired) electrons. The topological polar surface area (TPSA) is 69.7 Å². The van der Waals surface area contributed by atoms with Gasteiger partial charge in [0.25, 0.3) is 0 Å². The summed E-state index contributed by atoms with van der Waals surface area (Å²) in [6.07, 6.45) is 1.27. The van der Waals surface area contributed by atoms with Gasteiger partial charge in [0.2, 0.25) is 0 Å². The molecule has 0 aliphatic carbocycles. The lowest BCUT2D eigenvalue weighted by Crippen LogP contribution is -2.34. The Balaban J connectivity index is 5.24. The molecule has 0 aromatic rings. The molecule has 0 heterocycles. The Morgan fingerprint density at radius 2 is 1.46 bits per heavy atom. The molecule has 0 fully saturated rings. The van der Waals surface area contributed by atoms with Crippen LogP contribution in [0.15, 0.2) is 0 Å². The van der Waals surface area contributed by atoms with Crippen molar-refractivity contribution in [1.82, 2.24) is 0 Å². The lowest BCUT2D eigenvalue weighted by molar-refractivity contribution is -0.162. The third kappa shape index (κ3) is 7.93. The van der Waals surface area contributed by atoms with Crippen molar-refractivity contribution in [2.24, 2.45) is 17.3 Å². The number of carbonyl (C=O) groups excluding carboxylic acids is 3. The van der Waals surface area contributed by atoms with Crippen molar-refractivity contribution in [3.8, 4) is 0 Å². The highest BCUT2D eigenvalue weighted by atomic mass is 16.6. The van der Waals surface area contributed by atoms with Gasteiger partial charge in [0.1, 0.15) is 11.4 Å². The number of ether oxygens (including phenoxy) is 2. The van der Waals surface area contributed by atoms with E-state index in [1.165, 1.54) is 6.92 Å². The zero-order valence-corrected chi connectivity index (χ0v) is 16.5. The number of Topliss-reactive ketones (excluding diaryl/α,β-unsaturated/α-hetero) is 1. The van der Waals surface area contributed by atoms with E-state index in [4.69, 9.17) is 9.47 Å². The van der Waals surface area contributed by atoms with Gasteiger partial charge in [0, 0.05) is 5.41 Å². The molecule has 0 spiro atoms. The molecule has 24 heavy (non-hydrogen) atoms. The van der Waals surface area contributed by atoms with Crippen LogP contribution in [0.3, 0.4) is 0 Å². The first-order chi connectivity index (χ1) is 10.8. The Morgan fingerprint density at radius 3 is 1.83 bits per heavy atom. The van der Waals surface area contributed by atoms with Crippen LogP contribution in [0.2, 0.25) is 0 Å². The first-order valence-electron chi connectivity index (χ1n) is 8.74. The first kappa shape index (κ1) is 22.6. The quantitative estimate of drug-likeness (QED) is 0.594. The second-order valence-corrected chi connectivity index (χ2v) is 7.97. The minimum absolute atomic E-state index is 0.0158. The minimum Gasteiger partial charge on any atom is -0.466 e. The van der Waals surface area contributed by atoms with Crippen molar-refractivity contribution in [3.05, 3.63) is 0 Å². The Kier molecular flexibility index (Phi) is 8.65. The maximum Gasteiger partial charge on any atom is 0.309 e. The van der Waals surface area contributed by atoms with Crippen molar-refractivity contribution in [1.29, 1.82) is 0 Å². The molecule has 2 unspecified atom stereocenters. The fourth-order valence-corrected chi connectivity index (χ4v) is 2.44. The molecule has 0 aliphatic heterocycles. The van der Waals surface area contributed by atoms with Gasteiger partial charge in [-0.25, -0.2) is 0 Å². The highest BCUT2D eigenvalue weighted by Crippen LogP contribution is 2.32. The van der Waals surface area contributed by atoms with Gasteiger partial charge >= 0.3 is 11.9 Å². The van der Waals surface area contributed by atoms with E-state index < -0.39 is 16.9 Å². The monoisotopic (exact) mass is 342 g/mol. The van der Waals surface area contributed by atoms with Gasteiger partial charge in [-0.05, 0) is 53.9 Å². The molecule has 0 saturated heterocycles. The second-order valence-electron chi connectivity index (χ2n) is 7.97. The van der Waals surface area contributed by atoms with E-state index in [0.29, 0.717) is 19.3 Å². The molecule has 5 heteroatoms. The van der Waals surface area contributed by atoms with E-state index in [1.54, 1.807) is 6.92 Å². The lowest BCUT2D eigenvalue weighted by Gasteiger charge is -2.29. The summed E-state index contributed by atoms with van der Waals surface area (Å²) in [5, 5.41) is 0. The summed E-state index contributed by atoms with van der Waals surface area (Å²) >= 11 is 0. The third-order valence-electron chi connectivity index (χ3n) is 4.13. The fraction of sp³-hybridized carbons (Fsp3) is 0.842. The maximum atomic E-state index is 12.4. The van der Waals surface area contributed by atoms with E-state index in [1.807, 2.05) is 41.5 Å². The van der Waals surface area contributed by atoms with E-state index in [9.17, 15) is 14.4 Å². The highest BCUT2D eigenvalue weighted by molar-refractivity contribution is 5.83. The molecule has 0 saturated carbocycles. The van der Waals surface area contributed by atoms with E-state index in [0.717, 1.165) is 0 Å². The molecule has 0 aliphatic rings. The molecule has 2 atom stereocenters. The molecule has 0 rings (SSSR count). The van der Waals surface area contributed by atoms with Crippen LogP contribution in [-0.2, 0) is 23.9 Å². The van der Waals surface area contributed by atoms with Crippen LogP contribution in [-0.4, -0.2) is 29.9 Å². The number of carbonyl (C=O) groups is 3. The Bertz CT molecular complexity index is 445. The maximum absolute atomic E-state index is 12.4. The minimum atomic E-state index is -0.635. The van der Waals surface area contributed by atoms with Gasteiger partial charge in [-0.3, -0.25) is 14.4 Å². The Morgan fingerprint density at radius 1 is 0.917 bits per heavy atom. The summed E-state index contributed by atoms with van der Waals surface area (Å²) in [6, 6.07) is 0. The van der Waals surface area contributed by atoms with E-state index in [-0.39, 0.29) is 30.2 Å². The third-order valence-corrected chi connectivity index (χ3v) is 4.13. The van der Waals surface area contributed by atoms with Crippen LogP contribution in [0.1, 0.15) is 74.7 Å². The molecule has 0 aromatic heterocycles. The van der Waals surface area contributed by atoms with Gasteiger partial charge in [-0.2, -0.15) is 0 Å². The van der Waals surface area contributed by atoms with Crippen LogP contribution in [0.25, 0.3) is 0 Å². The number of hydrogen-bond acceptors (Lipinski definition) is 5. The average molecular weight is 342 g/mol. The summed E-state index contributed by atoms with van der Waals surface area (Å²) in [5.41, 5.74) is -1.20. The summed E-state index contributed by atoms with van der Waals surface area (Å²) < 4.78 is 10.6. The molecule has 0 amide bonds. The van der Waals surface area contributed by atoms with Crippen molar-refractivity contribution in [2.75, 3.05) is 6.61 Å². The molecular formula is C19H34O5. The zero-order valence-electron chi connectivity index (χ0n) is 16.5. The van der Waals surface area contributed by atoms with E-state index >= 15 is 0 Å². The predicted molar refractivity (Wildman–Crippen MR) is 93.4 cm³/mol. The molecule has 5 nitrogen and oxygen atoms in total. The molecule has 140 valence electrons. The largest absolute Gasteiger partial charge is 0.466 e. The van der Waals surface area contributed by atoms with Crippen LogP contribution in [0.5, 0.6) is 0 Å². The van der Waals surface area contributed by atoms with Gasteiger partial charge in [0.05, 0.1) is 18.4 Å². The standard InChI is InChI=1S/C19H34O5/c1-9-14(17(22)24-18(4,5)6)11-15(16(21)23-10-2)12-19(7,8)13(3)20/h14-15H,9-12H2,1-8H3. The normalized spacial score (nSPS) is 14.7. The number of hydrogen-bond donors (Lipinski definition) is 0. The van der Waals surface area contributed by atoms with Gasteiger partial charge in [-0.1, -0.05) is 20.8 Å². The van der Waals surface area contributed by atoms with Gasteiger partial charge < -0.3 is 9.47 Å². The summed E-state index contributed by atoms with van der Waals surface area (Å²) in [5.74, 6) is -1.53. The average Bonchev–Trinajstić information content (AvgIpc) is 2.41. The predicted octanol–water partition coefficient (Wildman–Crippen LogP) is 3.93. The van der Waals surface area contributed by atoms with Crippen LogP contribution in [0.4, 0.5) is 0 Å². The summed E-state index contributed by atoms with van der Waals surface area (Å²) in [4.78, 5) is 36.5. The zero-order chi connectivity index (χ0) is 19.1. The van der Waals surface area contributed by atoms with Crippen LogP contribution < -0.4 is 0 Å². The number of rotatable bonds is 9. The first-order valence-corrected chi connectivity index (χ1v) is 8.74. The van der Waals surface area contributed by atoms with Crippen molar-refractivity contribution < 1.29 is 23.9 Å². The van der Waals surface area contributed by atoms with Gasteiger partial charge in [0.15, 0.2) is 0 Å². The van der Waals surface area contributed by atoms with Gasteiger partial charge in [-0.15, -0.1) is 0 Å². The molecular weight excluding hydrogens is 308 g/mol. The number of ketones is 1. The smallest absolute Gasteiger partial charge is 0.309 e. The number of esters is 2. The van der Waals surface area contributed by atoms with E-state index in [2.05, 4.69) is 0 Å². The van der Waals surface area contributed by atoms with Crippen LogP contribution >= 0.6 is 0 Å². The molecule has 0 bridgehead atoms. The van der Waals surface area contributed by atoms with Crippen molar-refractivity contribution in [3.63, 3.8) is 0 Å². The Labute approximate surface area is 146 Å². The molecule has 0 aromatic carbocycles. The summed E-state index contributed by atoms with van der Waals surface area (Å²) in [7, 11) is 0. The SMILES string of the molecule is CCOC(=O)C(CC(CC)C(=O)OC(C)(C)C)CC(C)(C)C(C)=O. The van der Waals surface area contributed by atoms with Crippen molar-refractivity contribution in [2.45, 2.75) is 80.3 Å². The van der Waals surface area contributed by atoms with Crippen molar-refractivity contribution >= 4 is 17.7 Å². The fourth-order valence-electron chi connectivity index (χ4n) is 2.44.